The van der Waals surface area contributed by atoms with E-state index in [-0.39, 0.29) is 5.78 Å². The zero-order valence-electron chi connectivity index (χ0n) is 16.0. The summed E-state index contributed by atoms with van der Waals surface area (Å²) < 4.78 is 0. The van der Waals surface area contributed by atoms with E-state index in [4.69, 9.17) is 4.98 Å². The highest BCUT2D eigenvalue weighted by molar-refractivity contribution is 6.16. The number of ketones is 1. The number of carbonyl (C=O) groups is 1. The largest absolute Gasteiger partial charge is 0.289 e. The highest BCUT2D eigenvalue weighted by Crippen LogP contribution is 2.33. The number of rotatable bonds is 4. The molecule has 0 atom stereocenters. The van der Waals surface area contributed by atoms with Gasteiger partial charge in [-0.05, 0) is 37.1 Å². The van der Waals surface area contributed by atoms with Crippen molar-refractivity contribution in [2.45, 2.75) is 13.8 Å². The van der Waals surface area contributed by atoms with Crippen LogP contribution in [0.25, 0.3) is 28.1 Å². The number of fused-ring (bicyclic) bond motifs is 1. The van der Waals surface area contributed by atoms with E-state index in [1.165, 1.54) is 5.56 Å². The molecule has 0 fully saturated rings. The van der Waals surface area contributed by atoms with Gasteiger partial charge in [0.1, 0.15) is 0 Å². The van der Waals surface area contributed by atoms with Crippen LogP contribution in [0.15, 0.2) is 84.9 Å². The van der Waals surface area contributed by atoms with E-state index in [9.17, 15) is 4.79 Å². The van der Waals surface area contributed by atoms with E-state index in [1.54, 1.807) is 6.08 Å². The molecule has 0 bridgehead atoms. The first kappa shape index (κ1) is 17.9. The van der Waals surface area contributed by atoms with Crippen LogP contribution >= 0.6 is 0 Å². The maximum atomic E-state index is 13.2. The standard InChI is InChI=1S/C26H21NO/c1-18-9-8-10-20(17-18)15-16-24(28)25-19(2)27-23-14-7-6-13-22(23)26(25)21-11-4-3-5-12-21/h3-17H,1-2H3. The molecule has 0 aliphatic carbocycles. The lowest BCUT2D eigenvalue weighted by Gasteiger charge is -2.14. The Balaban J connectivity index is 1.88. The average molecular weight is 363 g/mol. The number of aryl methyl sites for hydroxylation is 2. The quantitative estimate of drug-likeness (QED) is 0.309. The summed E-state index contributed by atoms with van der Waals surface area (Å²) in [5.41, 5.74) is 6.46. The molecule has 0 radical (unpaired) electrons. The zero-order chi connectivity index (χ0) is 19.5. The molecule has 1 heterocycles. The normalized spacial score (nSPS) is 11.2. The SMILES string of the molecule is Cc1cccc(C=CC(=O)c2c(C)nc3ccccc3c2-c2ccccc2)c1. The minimum absolute atomic E-state index is 0.0314. The maximum absolute atomic E-state index is 13.2. The summed E-state index contributed by atoms with van der Waals surface area (Å²) in [6.07, 6.45) is 3.53. The van der Waals surface area contributed by atoms with Gasteiger partial charge in [0.15, 0.2) is 5.78 Å². The summed E-state index contributed by atoms with van der Waals surface area (Å²) in [6.45, 7) is 3.96. The lowest BCUT2D eigenvalue weighted by Crippen LogP contribution is -2.05. The molecule has 0 saturated heterocycles. The van der Waals surface area contributed by atoms with Crippen molar-refractivity contribution in [2.75, 3.05) is 0 Å². The smallest absolute Gasteiger partial charge is 0.188 e. The van der Waals surface area contributed by atoms with Gasteiger partial charge in [-0.25, -0.2) is 0 Å². The summed E-state index contributed by atoms with van der Waals surface area (Å²) in [5.74, 6) is -0.0314. The van der Waals surface area contributed by atoms with Gasteiger partial charge < -0.3 is 0 Å². The molecule has 2 nitrogen and oxygen atoms in total. The Hall–Kier alpha value is -3.52. The number of pyridine rings is 1. The fraction of sp³-hybridized carbons (Fsp3) is 0.0769. The van der Waals surface area contributed by atoms with Crippen LogP contribution in [-0.4, -0.2) is 10.8 Å². The van der Waals surface area contributed by atoms with Crippen LogP contribution in [0.3, 0.4) is 0 Å². The molecule has 0 aliphatic rings. The molecule has 0 N–H and O–H groups in total. The van der Waals surface area contributed by atoms with E-state index >= 15 is 0 Å². The molecule has 4 rings (SSSR count). The minimum atomic E-state index is -0.0314. The van der Waals surface area contributed by atoms with E-state index in [1.807, 2.05) is 92.7 Å². The molecule has 2 heteroatoms. The number of benzene rings is 3. The first-order chi connectivity index (χ1) is 13.6. The maximum Gasteiger partial charge on any atom is 0.188 e. The predicted octanol–water partition coefficient (Wildman–Crippen LogP) is 6.41. The molecular formula is C26H21NO. The molecule has 136 valence electrons. The average Bonchev–Trinajstić information content (AvgIpc) is 2.71. The van der Waals surface area contributed by atoms with Crippen LogP contribution in [0.1, 0.15) is 27.2 Å². The molecule has 1 aromatic heterocycles. The van der Waals surface area contributed by atoms with Crippen LogP contribution in [0.5, 0.6) is 0 Å². The van der Waals surface area contributed by atoms with Crippen molar-refractivity contribution >= 4 is 22.8 Å². The van der Waals surface area contributed by atoms with Crippen LogP contribution in [0.2, 0.25) is 0 Å². The number of aromatic nitrogens is 1. The van der Waals surface area contributed by atoms with Gasteiger partial charge in [0, 0.05) is 16.6 Å². The number of carbonyl (C=O) groups excluding carboxylic acids is 1. The molecule has 28 heavy (non-hydrogen) atoms. The lowest BCUT2D eigenvalue weighted by molar-refractivity contribution is 0.104. The molecule has 0 spiro atoms. The Morgan fingerprint density at radius 3 is 2.39 bits per heavy atom. The number of hydrogen-bond donors (Lipinski definition) is 0. The molecule has 3 aromatic carbocycles. The van der Waals surface area contributed by atoms with Gasteiger partial charge in [-0.1, -0.05) is 84.4 Å². The molecule has 0 aliphatic heterocycles. The van der Waals surface area contributed by atoms with Crippen LogP contribution in [0.4, 0.5) is 0 Å². The zero-order valence-corrected chi connectivity index (χ0v) is 16.0. The Morgan fingerprint density at radius 2 is 1.61 bits per heavy atom. The molecule has 0 amide bonds. The van der Waals surface area contributed by atoms with Gasteiger partial charge in [0.2, 0.25) is 0 Å². The van der Waals surface area contributed by atoms with Crippen molar-refractivity contribution in [3.8, 4) is 11.1 Å². The van der Waals surface area contributed by atoms with Gasteiger partial charge >= 0.3 is 0 Å². The second-order valence-electron chi connectivity index (χ2n) is 6.94. The Labute approximate surface area is 165 Å². The number of nitrogens with zero attached hydrogens (tertiary/aromatic N) is 1. The van der Waals surface area contributed by atoms with Crippen molar-refractivity contribution in [1.82, 2.24) is 4.98 Å². The topological polar surface area (TPSA) is 30.0 Å². The third-order valence-corrected chi connectivity index (χ3v) is 4.85. The third-order valence-electron chi connectivity index (χ3n) is 4.85. The fourth-order valence-corrected chi connectivity index (χ4v) is 3.57. The first-order valence-electron chi connectivity index (χ1n) is 9.37. The van der Waals surface area contributed by atoms with Crippen molar-refractivity contribution in [3.05, 3.63) is 107 Å². The highest BCUT2D eigenvalue weighted by Gasteiger charge is 2.18. The molecule has 0 saturated carbocycles. The van der Waals surface area contributed by atoms with Crippen molar-refractivity contribution in [3.63, 3.8) is 0 Å². The second kappa shape index (κ2) is 7.61. The first-order valence-corrected chi connectivity index (χ1v) is 9.37. The van der Waals surface area contributed by atoms with Crippen LogP contribution in [-0.2, 0) is 0 Å². The summed E-state index contributed by atoms with van der Waals surface area (Å²) in [6, 6.07) is 26.2. The highest BCUT2D eigenvalue weighted by atomic mass is 16.1. The predicted molar refractivity (Wildman–Crippen MR) is 116 cm³/mol. The monoisotopic (exact) mass is 363 g/mol. The molecular weight excluding hydrogens is 342 g/mol. The second-order valence-corrected chi connectivity index (χ2v) is 6.94. The van der Waals surface area contributed by atoms with Crippen molar-refractivity contribution < 1.29 is 4.79 Å². The van der Waals surface area contributed by atoms with Gasteiger partial charge in [0.25, 0.3) is 0 Å². The number of para-hydroxylation sites is 1. The van der Waals surface area contributed by atoms with Gasteiger partial charge in [-0.2, -0.15) is 0 Å². The summed E-state index contributed by atoms with van der Waals surface area (Å²) >= 11 is 0. The van der Waals surface area contributed by atoms with Crippen LogP contribution in [0, 0.1) is 13.8 Å². The van der Waals surface area contributed by atoms with Crippen LogP contribution < -0.4 is 0 Å². The lowest BCUT2D eigenvalue weighted by atomic mass is 9.92. The van der Waals surface area contributed by atoms with Crippen molar-refractivity contribution in [1.29, 1.82) is 0 Å². The fourth-order valence-electron chi connectivity index (χ4n) is 3.57. The van der Waals surface area contributed by atoms with Gasteiger partial charge in [-0.15, -0.1) is 0 Å². The van der Waals surface area contributed by atoms with Gasteiger partial charge in [-0.3, -0.25) is 9.78 Å². The molecule has 0 unspecified atom stereocenters. The number of allylic oxidation sites excluding steroid dienone is 1. The minimum Gasteiger partial charge on any atom is -0.289 e. The Bertz CT molecular complexity index is 1190. The van der Waals surface area contributed by atoms with Gasteiger partial charge in [0.05, 0.1) is 11.1 Å². The van der Waals surface area contributed by atoms with E-state index in [0.717, 1.165) is 33.3 Å². The van der Waals surface area contributed by atoms with E-state index in [0.29, 0.717) is 5.56 Å². The molecule has 4 aromatic rings. The van der Waals surface area contributed by atoms with E-state index in [2.05, 4.69) is 6.07 Å². The Morgan fingerprint density at radius 1 is 0.857 bits per heavy atom. The van der Waals surface area contributed by atoms with Crippen molar-refractivity contribution in [2.24, 2.45) is 0 Å². The third kappa shape index (κ3) is 3.49. The summed E-state index contributed by atoms with van der Waals surface area (Å²) in [7, 11) is 0. The Kier molecular flexibility index (Phi) is 4.86. The van der Waals surface area contributed by atoms with E-state index < -0.39 is 0 Å². The summed E-state index contributed by atoms with van der Waals surface area (Å²) in [4.78, 5) is 17.9. The summed E-state index contributed by atoms with van der Waals surface area (Å²) in [5, 5.41) is 0.992. The number of hydrogen-bond acceptors (Lipinski definition) is 2.